The largest absolute Gasteiger partial charge is 0.341 e. The Balaban J connectivity index is 1.47. The Morgan fingerprint density at radius 3 is 2.33 bits per heavy atom. The van der Waals surface area contributed by atoms with Crippen LogP contribution in [0.3, 0.4) is 0 Å². The van der Waals surface area contributed by atoms with Crippen LogP contribution in [0, 0.1) is 23.2 Å². The van der Waals surface area contributed by atoms with Gasteiger partial charge in [0.05, 0.1) is 18.2 Å². The van der Waals surface area contributed by atoms with Gasteiger partial charge in [-0.05, 0) is 55.5 Å². The molecule has 1 aromatic rings. The van der Waals surface area contributed by atoms with E-state index in [4.69, 9.17) is 5.26 Å². The van der Waals surface area contributed by atoms with Crippen molar-refractivity contribution < 1.29 is 4.79 Å². The van der Waals surface area contributed by atoms with E-state index in [1.165, 1.54) is 12.0 Å². The maximum absolute atomic E-state index is 12.7. The van der Waals surface area contributed by atoms with Gasteiger partial charge in [0.1, 0.15) is 0 Å². The van der Waals surface area contributed by atoms with Crippen molar-refractivity contribution in [1.29, 1.82) is 5.26 Å². The first kappa shape index (κ1) is 19.9. The number of hydrogen-bond acceptors (Lipinski definition) is 4. The predicted molar refractivity (Wildman–Crippen MR) is 107 cm³/mol. The summed E-state index contributed by atoms with van der Waals surface area (Å²) in [6.07, 6.45) is 2.33. The van der Waals surface area contributed by atoms with Gasteiger partial charge >= 0.3 is 0 Å². The van der Waals surface area contributed by atoms with Crippen molar-refractivity contribution in [3.63, 3.8) is 0 Å². The quantitative estimate of drug-likeness (QED) is 0.820. The van der Waals surface area contributed by atoms with Gasteiger partial charge in [-0.25, -0.2) is 0 Å². The van der Waals surface area contributed by atoms with Crippen molar-refractivity contribution in [3.8, 4) is 6.07 Å². The lowest BCUT2D eigenvalue weighted by atomic mass is 9.92. The third-order valence-electron chi connectivity index (χ3n) is 5.75. The van der Waals surface area contributed by atoms with Crippen molar-refractivity contribution in [2.75, 3.05) is 45.8 Å². The number of piperidine rings is 1. The lowest BCUT2D eigenvalue weighted by molar-refractivity contribution is -0.135. The van der Waals surface area contributed by atoms with Crippen LogP contribution < -0.4 is 0 Å². The van der Waals surface area contributed by atoms with Gasteiger partial charge in [0, 0.05) is 32.7 Å². The van der Waals surface area contributed by atoms with Gasteiger partial charge in [-0.2, -0.15) is 5.26 Å². The summed E-state index contributed by atoms with van der Waals surface area (Å²) >= 11 is 0. The molecule has 0 aliphatic carbocycles. The molecule has 0 aromatic heterocycles. The lowest BCUT2D eigenvalue weighted by Gasteiger charge is -2.36. The van der Waals surface area contributed by atoms with Crippen molar-refractivity contribution in [3.05, 3.63) is 35.4 Å². The van der Waals surface area contributed by atoms with E-state index in [0.717, 1.165) is 52.2 Å². The van der Waals surface area contributed by atoms with Crippen LogP contribution in [0.1, 0.15) is 37.8 Å². The molecule has 0 bridgehead atoms. The first-order valence-electron chi connectivity index (χ1n) is 10.2. The molecule has 0 radical (unpaired) electrons. The molecule has 5 heteroatoms. The summed E-state index contributed by atoms with van der Waals surface area (Å²) in [5, 5.41) is 8.91. The van der Waals surface area contributed by atoms with Crippen molar-refractivity contribution in [1.82, 2.24) is 14.7 Å². The first-order chi connectivity index (χ1) is 13.0. The average Bonchev–Trinajstić information content (AvgIpc) is 2.87. The zero-order valence-corrected chi connectivity index (χ0v) is 16.7. The molecule has 27 heavy (non-hydrogen) atoms. The average molecular weight is 369 g/mol. The van der Waals surface area contributed by atoms with Crippen LogP contribution >= 0.6 is 0 Å². The zero-order chi connectivity index (χ0) is 19.2. The Hall–Kier alpha value is -1.90. The molecule has 146 valence electrons. The van der Waals surface area contributed by atoms with Gasteiger partial charge < -0.3 is 4.90 Å². The third-order valence-corrected chi connectivity index (χ3v) is 5.75. The van der Waals surface area contributed by atoms with Crippen LogP contribution in [0.5, 0.6) is 0 Å². The first-order valence-corrected chi connectivity index (χ1v) is 10.2. The van der Waals surface area contributed by atoms with Gasteiger partial charge in [0.25, 0.3) is 0 Å². The van der Waals surface area contributed by atoms with Gasteiger partial charge in [0.2, 0.25) is 5.91 Å². The highest BCUT2D eigenvalue weighted by atomic mass is 16.2. The molecule has 2 atom stereocenters. The minimum absolute atomic E-state index is 0.300. The summed E-state index contributed by atoms with van der Waals surface area (Å²) in [5.74, 6) is 1.53. The predicted octanol–water partition coefficient (Wildman–Crippen LogP) is 2.57. The molecule has 5 nitrogen and oxygen atoms in total. The second-order valence-electron chi connectivity index (χ2n) is 8.46. The van der Waals surface area contributed by atoms with Crippen molar-refractivity contribution >= 4 is 5.91 Å². The molecular weight excluding hydrogens is 336 g/mol. The van der Waals surface area contributed by atoms with Crippen molar-refractivity contribution in [2.45, 2.75) is 33.2 Å². The number of carbonyl (C=O) groups excluding carboxylic acids is 1. The van der Waals surface area contributed by atoms with Gasteiger partial charge in [-0.3, -0.25) is 14.6 Å². The molecule has 0 spiro atoms. The highest BCUT2D eigenvalue weighted by Crippen LogP contribution is 2.21. The summed E-state index contributed by atoms with van der Waals surface area (Å²) in [4.78, 5) is 19.6. The summed E-state index contributed by atoms with van der Waals surface area (Å²) in [6.45, 7) is 11.8. The Labute approximate surface area is 163 Å². The molecule has 2 fully saturated rings. The maximum Gasteiger partial charge on any atom is 0.236 e. The minimum Gasteiger partial charge on any atom is -0.341 e. The van der Waals surface area contributed by atoms with E-state index in [2.05, 4.69) is 34.6 Å². The number of carbonyl (C=O) groups is 1. The second-order valence-corrected chi connectivity index (χ2v) is 8.46. The Morgan fingerprint density at radius 1 is 1.04 bits per heavy atom. The number of hydrogen-bond donors (Lipinski definition) is 0. The third kappa shape index (κ3) is 5.79. The smallest absolute Gasteiger partial charge is 0.236 e. The number of nitrogens with zero attached hydrogens (tertiary/aromatic N) is 4. The molecule has 3 rings (SSSR count). The van der Waals surface area contributed by atoms with Gasteiger partial charge in [-0.1, -0.05) is 26.0 Å². The molecule has 2 saturated heterocycles. The Kier molecular flexibility index (Phi) is 6.87. The highest BCUT2D eigenvalue weighted by molar-refractivity contribution is 5.78. The summed E-state index contributed by atoms with van der Waals surface area (Å²) < 4.78 is 0. The standard InChI is InChI=1S/C22H32N4O/c1-18-12-19(2)15-26(14-18)22(27)17-25-9-3-8-24(10-11-25)16-21-6-4-20(13-23)5-7-21/h4-7,18-19H,3,8-12,14-17H2,1-2H3. The van der Waals surface area contributed by atoms with E-state index in [1.807, 2.05) is 24.3 Å². The molecule has 1 aromatic carbocycles. The molecule has 0 N–H and O–H groups in total. The van der Waals surface area contributed by atoms with Crippen molar-refractivity contribution in [2.24, 2.45) is 11.8 Å². The molecule has 2 aliphatic heterocycles. The molecule has 2 aliphatic rings. The SMILES string of the molecule is CC1CC(C)CN(C(=O)CN2CCCN(Cc3ccc(C#N)cc3)CC2)C1. The van der Waals surface area contributed by atoms with E-state index < -0.39 is 0 Å². The van der Waals surface area contributed by atoms with Gasteiger partial charge in [0.15, 0.2) is 0 Å². The number of rotatable bonds is 4. The monoisotopic (exact) mass is 368 g/mol. The number of likely N-dealkylation sites (tertiary alicyclic amines) is 1. The number of benzene rings is 1. The van der Waals surface area contributed by atoms with Crippen LogP contribution in [0.25, 0.3) is 0 Å². The number of nitriles is 1. The van der Waals surface area contributed by atoms with E-state index >= 15 is 0 Å². The fourth-order valence-electron chi connectivity index (χ4n) is 4.44. The van der Waals surface area contributed by atoms with E-state index in [1.54, 1.807) is 0 Å². The molecule has 2 unspecified atom stereocenters. The fraction of sp³-hybridized carbons (Fsp3) is 0.636. The second kappa shape index (κ2) is 9.34. The van der Waals surface area contributed by atoms with Crippen LogP contribution in [-0.4, -0.2) is 66.4 Å². The summed E-state index contributed by atoms with van der Waals surface area (Å²) in [7, 11) is 0. The van der Waals surface area contributed by atoms with Crippen LogP contribution in [0.2, 0.25) is 0 Å². The zero-order valence-electron chi connectivity index (χ0n) is 16.7. The molecule has 0 saturated carbocycles. The molecule has 1 amide bonds. The van der Waals surface area contributed by atoms with E-state index in [-0.39, 0.29) is 0 Å². The molecule has 2 heterocycles. The Bertz CT molecular complexity index is 656. The number of amides is 1. The normalized spacial score (nSPS) is 25.0. The fourth-order valence-corrected chi connectivity index (χ4v) is 4.44. The Morgan fingerprint density at radius 2 is 1.67 bits per heavy atom. The van der Waals surface area contributed by atoms with Crippen LogP contribution in [0.4, 0.5) is 0 Å². The lowest BCUT2D eigenvalue weighted by Crippen LogP contribution is -2.47. The van der Waals surface area contributed by atoms with Crippen LogP contribution in [-0.2, 0) is 11.3 Å². The van der Waals surface area contributed by atoms with E-state index in [9.17, 15) is 4.79 Å². The maximum atomic E-state index is 12.7. The topological polar surface area (TPSA) is 50.6 Å². The summed E-state index contributed by atoms with van der Waals surface area (Å²) in [6, 6.07) is 10.0. The van der Waals surface area contributed by atoms with Crippen LogP contribution in [0.15, 0.2) is 24.3 Å². The highest BCUT2D eigenvalue weighted by Gasteiger charge is 2.27. The minimum atomic E-state index is 0.300. The molecular formula is C22H32N4O. The van der Waals surface area contributed by atoms with E-state index in [0.29, 0.717) is 29.9 Å². The van der Waals surface area contributed by atoms with Gasteiger partial charge in [-0.15, -0.1) is 0 Å². The summed E-state index contributed by atoms with van der Waals surface area (Å²) in [5.41, 5.74) is 1.95.